The van der Waals surface area contributed by atoms with Crippen LogP contribution >= 0.6 is 0 Å². The summed E-state index contributed by atoms with van der Waals surface area (Å²) in [6.45, 7) is 3.16. The monoisotopic (exact) mass is 412 g/mol. The van der Waals surface area contributed by atoms with E-state index in [1.807, 2.05) is 36.4 Å². The number of guanidine groups is 1. The SMILES string of the molecule is CNC(=O)CC1CCN(C(=NCc2ccc(OC)cc2)NCCc2ccco2)CC1. The number of aliphatic imine (C=N–C) groups is 1. The molecule has 1 aromatic heterocycles. The first-order valence-electron chi connectivity index (χ1n) is 10.6. The molecule has 1 aliphatic rings. The first kappa shape index (κ1) is 21.7. The highest BCUT2D eigenvalue weighted by atomic mass is 16.5. The van der Waals surface area contributed by atoms with Crippen LogP contribution in [0.2, 0.25) is 0 Å². The Morgan fingerprint density at radius 3 is 2.63 bits per heavy atom. The standard InChI is InChI=1S/C23H32N4O3/c1-24-22(28)16-18-10-13-27(14-11-18)23(25-12-9-21-4-3-15-30-21)26-17-19-5-7-20(29-2)8-6-19/h3-8,15,18H,9-14,16-17H2,1-2H3,(H,24,28)(H,25,26). The van der Waals surface area contributed by atoms with Gasteiger partial charge in [0.25, 0.3) is 0 Å². The van der Waals surface area contributed by atoms with Crippen LogP contribution in [0.3, 0.4) is 0 Å². The predicted molar refractivity (Wildman–Crippen MR) is 118 cm³/mol. The zero-order valence-corrected chi connectivity index (χ0v) is 17.9. The summed E-state index contributed by atoms with van der Waals surface area (Å²) in [5.74, 6) is 3.28. The number of furan rings is 1. The number of hydrogen-bond acceptors (Lipinski definition) is 4. The van der Waals surface area contributed by atoms with Crippen molar-refractivity contribution in [3.05, 3.63) is 54.0 Å². The lowest BCUT2D eigenvalue weighted by Crippen LogP contribution is -2.46. The molecule has 1 amide bonds. The Hall–Kier alpha value is -2.96. The van der Waals surface area contributed by atoms with E-state index in [0.29, 0.717) is 18.9 Å². The van der Waals surface area contributed by atoms with Crippen molar-refractivity contribution in [1.82, 2.24) is 15.5 Å². The van der Waals surface area contributed by atoms with Crippen molar-refractivity contribution in [2.75, 3.05) is 33.8 Å². The van der Waals surface area contributed by atoms with E-state index in [9.17, 15) is 4.79 Å². The zero-order valence-electron chi connectivity index (χ0n) is 17.9. The molecule has 0 atom stereocenters. The fourth-order valence-electron chi connectivity index (χ4n) is 3.63. The van der Waals surface area contributed by atoms with Gasteiger partial charge in [0.15, 0.2) is 5.96 Å². The molecular weight excluding hydrogens is 380 g/mol. The van der Waals surface area contributed by atoms with Crippen LogP contribution < -0.4 is 15.4 Å². The molecule has 2 heterocycles. The minimum atomic E-state index is 0.124. The number of carbonyl (C=O) groups is 1. The van der Waals surface area contributed by atoms with Gasteiger partial charge in [-0.2, -0.15) is 0 Å². The van der Waals surface area contributed by atoms with Gasteiger partial charge in [-0.25, -0.2) is 4.99 Å². The summed E-state index contributed by atoms with van der Waals surface area (Å²) < 4.78 is 10.7. The molecule has 7 nitrogen and oxygen atoms in total. The molecule has 30 heavy (non-hydrogen) atoms. The van der Waals surface area contributed by atoms with Gasteiger partial charge in [0.2, 0.25) is 5.91 Å². The number of nitrogens with zero attached hydrogens (tertiary/aromatic N) is 2. The molecule has 1 fully saturated rings. The highest BCUT2D eigenvalue weighted by molar-refractivity contribution is 5.80. The molecule has 2 N–H and O–H groups in total. The Morgan fingerprint density at radius 1 is 1.23 bits per heavy atom. The summed E-state index contributed by atoms with van der Waals surface area (Å²) in [6, 6.07) is 11.9. The molecule has 3 rings (SSSR count). The summed E-state index contributed by atoms with van der Waals surface area (Å²) in [4.78, 5) is 18.8. The largest absolute Gasteiger partial charge is 0.497 e. The highest BCUT2D eigenvalue weighted by Crippen LogP contribution is 2.21. The Labute approximate surface area is 178 Å². The van der Waals surface area contributed by atoms with Crippen LogP contribution in [0.25, 0.3) is 0 Å². The molecule has 0 saturated carbocycles. The quantitative estimate of drug-likeness (QED) is 0.515. The molecule has 1 aromatic carbocycles. The second kappa shape index (κ2) is 11.3. The fraction of sp³-hybridized carbons (Fsp3) is 0.478. The molecule has 7 heteroatoms. The van der Waals surface area contributed by atoms with Gasteiger partial charge in [0.05, 0.1) is 19.9 Å². The van der Waals surface area contributed by atoms with Crippen LogP contribution in [0.1, 0.15) is 30.6 Å². The van der Waals surface area contributed by atoms with Crippen molar-refractivity contribution >= 4 is 11.9 Å². The second-order valence-corrected chi connectivity index (χ2v) is 7.55. The van der Waals surface area contributed by atoms with Crippen molar-refractivity contribution in [3.63, 3.8) is 0 Å². The van der Waals surface area contributed by atoms with Crippen LogP contribution in [0.4, 0.5) is 0 Å². The molecule has 0 spiro atoms. The fourth-order valence-corrected chi connectivity index (χ4v) is 3.63. The van der Waals surface area contributed by atoms with Gasteiger partial charge in [0, 0.05) is 39.5 Å². The maximum absolute atomic E-state index is 11.7. The zero-order chi connectivity index (χ0) is 21.2. The highest BCUT2D eigenvalue weighted by Gasteiger charge is 2.23. The Kier molecular flexibility index (Phi) is 8.18. The number of hydrogen-bond donors (Lipinski definition) is 2. The van der Waals surface area contributed by atoms with Gasteiger partial charge in [-0.1, -0.05) is 12.1 Å². The van der Waals surface area contributed by atoms with E-state index in [2.05, 4.69) is 15.5 Å². The van der Waals surface area contributed by atoms with E-state index in [0.717, 1.165) is 61.9 Å². The predicted octanol–water partition coefficient (Wildman–Crippen LogP) is 2.82. The minimum absolute atomic E-state index is 0.124. The Balaban J connectivity index is 1.60. The van der Waals surface area contributed by atoms with E-state index in [1.165, 1.54) is 0 Å². The van der Waals surface area contributed by atoms with Crippen molar-refractivity contribution in [1.29, 1.82) is 0 Å². The molecule has 0 unspecified atom stereocenters. The van der Waals surface area contributed by atoms with Gasteiger partial charge < -0.3 is 24.7 Å². The summed E-state index contributed by atoms with van der Waals surface area (Å²) in [7, 11) is 3.37. The number of rotatable bonds is 8. The lowest BCUT2D eigenvalue weighted by Gasteiger charge is -2.34. The summed E-state index contributed by atoms with van der Waals surface area (Å²) >= 11 is 0. The summed E-state index contributed by atoms with van der Waals surface area (Å²) in [5.41, 5.74) is 1.13. The Bertz CT molecular complexity index is 794. The van der Waals surface area contributed by atoms with Crippen molar-refractivity contribution in [2.45, 2.75) is 32.2 Å². The van der Waals surface area contributed by atoms with E-state index < -0.39 is 0 Å². The molecule has 162 valence electrons. The minimum Gasteiger partial charge on any atom is -0.497 e. The number of likely N-dealkylation sites (tertiary alicyclic amines) is 1. The van der Waals surface area contributed by atoms with Crippen LogP contribution in [0.15, 0.2) is 52.1 Å². The normalized spacial score (nSPS) is 15.1. The van der Waals surface area contributed by atoms with Crippen molar-refractivity contribution < 1.29 is 13.9 Å². The van der Waals surface area contributed by atoms with E-state index in [-0.39, 0.29) is 5.91 Å². The van der Waals surface area contributed by atoms with Gasteiger partial charge >= 0.3 is 0 Å². The van der Waals surface area contributed by atoms with Gasteiger partial charge in [-0.3, -0.25) is 4.79 Å². The van der Waals surface area contributed by atoms with E-state index in [1.54, 1.807) is 20.4 Å². The molecule has 0 radical (unpaired) electrons. The maximum Gasteiger partial charge on any atom is 0.220 e. The van der Waals surface area contributed by atoms with E-state index >= 15 is 0 Å². The number of benzene rings is 1. The Morgan fingerprint density at radius 2 is 2.00 bits per heavy atom. The maximum atomic E-state index is 11.7. The summed E-state index contributed by atoms with van der Waals surface area (Å²) in [5, 5.41) is 6.23. The number of piperidine rings is 1. The summed E-state index contributed by atoms with van der Waals surface area (Å²) in [6.07, 6.45) is 5.10. The van der Waals surface area contributed by atoms with E-state index in [4.69, 9.17) is 14.1 Å². The van der Waals surface area contributed by atoms with Crippen LogP contribution in [0.5, 0.6) is 5.75 Å². The molecule has 1 aliphatic heterocycles. The number of amides is 1. The van der Waals surface area contributed by atoms with Gasteiger partial charge in [0.1, 0.15) is 11.5 Å². The van der Waals surface area contributed by atoms with Crippen molar-refractivity contribution in [3.8, 4) is 5.75 Å². The smallest absolute Gasteiger partial charge is 0.220 e. The molecule has 2 aromatic rings. The topological polar surface area (TPSA) is 79.1 Å². The number of methoxy groups -OCH3 is 1. The van der Waals surface area contributed by atoms with Crippen LogP contribution in [-0.4, -0.2) is 50.6 Å². The lowest BCUT2D eigenvalue weighted by molar-refractivity contribution is -0.121. The third-order valence-electron chi connectivity index (χ3n) is 5.47. The third-order valence-corrected chi connectivity index (χ3v) is 5.47. The van der Waals surface area contributed by atoms with Crippen LogP contribution in [-0.2, 0) is 17.8 Å². The molecular formula is C23H32N4O3. The lowest BCUT2D eigenvalue weighted by atomic mass is 9.93. The molecule has 0 aliphatic carbocycles. The van der Waals surface area contributed by atoms with Crippen molar-refractivity contribution in [2.24, 2.45) is 10.9 Å². The van der Waals surface area contributed by atoms with Crippen LogP contribution in [0, 0.1) is 5.92 Å². The number of nitrogens with one attached hydrogen (secondary N) is 2. The molecule has 1 saturated heterocycles. The van der Waals surface area contributed by atoms with Gasteiger partial charge in [-0.15, -0.1) is 0 Å². The first-order valence-corrected chi connectivity index (χ1v) is 10.6. The molecule has 0 bridgehead atoms. The average Bonchev–Trinajstić information content (AvgIpc) is 3.30. The number of ether oxygens (including phenoxy) is 1. The van der Waals surface area contributed by atoms with Gasteiger partial charge in [-0.05, 0) is 48.6 Å². The third kappa shape index (κ3) is 6.54. The number of carbonyl (C=O) groups excluding carboxylic acids is 1. The second-order valence-electron chi connectivity index (χ2n) is 7.55. The first-order chi connectivity index (χ1) is 14.7. The average molecular weight is 413 g/mol.